The minimum Gasteiger partial charge on any atom is -0.410 e. The number of ether oxygens (including phenoxy) is 1. The maximum Gasteiger partial charge on any atom is 0.415 e. The molecule has 170 valence electrons. The van der Waals surface area contributed by atoms with E-state index in [9.17, 15) is 13.6 Å². The minimum atomic E-state index is -0.707. The number of aromatic nitrogens is 1. The van der Waals surface area contributed by atoms with Crippen LogP contribution >= 0.6 is 11.6 Å². The molecule has 0 atom stereocenters. The summed E-state index contributed by atoms with van der Waals surface area (Å²) in [7, 11) is 0. The Labute approximate surface area is 196 Å². The number of halogens is 3. The number of amides is 1. The van der Waals surface area contributed by atoms with E-state index in [2.05, 4.69) is 0 Å². The number of hydrogen-bond donors (Lipinski definition) is 0. The maximum absolute atomic E-state index is 14.1. The molecule has 0 aliphatic carbocycles. The van der Waals surface area contributed by atoms with E-state index in [4.69, 9.17) is 16.3 Å². The lowest BCUT2D eigenvalue weighted by molar-refractivity contribution is 0.157. The lowest BCUT2D eigenvalue weighted by Gasteiger charge is -2.20. The summed E-state index contributed by atoms with van der Waals surface area (Å²) >= 11 is 6.12. The van der Waals surface area contributed by atoms with Crippen LogP contribution in [0.15, 0.2) is 66.9 Å². The second-order valence-corrected chi connectivity index (χ2v) is 8.08. The van der Waals surface area contributed by atoms with Gasteiger partial charge in [0.15, 0.2) is 0 Å². The maximum atomic E-state index is 14.1. The Balaban J connectivity index is 1.84. The van der Waals surface area contributed by atoms with Crippen LogP contribution in [-0.2, 0) is 6.54 Å². The van der Waals surface area contributed by atoms with Crippen LogP contribution in [0, 0.1) is 11.6 Å². The lowest BCUT2D eigenvalue weighted by Crippen LogP contribution is -2.33. The highest BCUT2D eigenvalue weighted by atomic mass is 35.5. The molecule has 1 amide bonds. The number of carbonyl (C=O) groups is 1. The van der Waals surface area contributed by atoms with Crippen molar-refractivity contribution in [3.8, 4) is 16.9 Å². The zero-order valence-corrected chi connectivity index (χ0v) is 19.1. The molecule has 3 aromatic carbocycles. The Kier molecular flexibility index (Phi) is 6.65. The van der Waals surface area contributed by atoms with Gasteiger partial charge in [0.05, 0.1) is 0 Å². The summed E-state index contributed by atoms with van der Waals surface area (Å²) in [6, 6.07) is 16.2. The normalized spacial score (nSPS) is 11.1. The van der Waals surface area contributed by atoms with Crippen LogP contribution in [0.25, 0.3) is 22.0 Å². The summed E-state index contributed by atoms with van der Waals surface area (Å²) in [5.41, 5.74) is 2.59. The van der Waals surface area contributed by atoms with E-state index >= 15 is 0 Å². The molecule has 0 bridgehead atoms. The van der Waals surface area contributed by atoms with Crippen LogP contribution in [-0.4, -0.2) is 28.6 Å². The molecule has 0 unspecified atom stereocenters. The first-order valence-corrected chi connectivity index (χ1v) is 11.1. The van der Waals surface area contributed by atoms with Crippen molar-refractivity contribution >= 4 is 28.6 Å². The van der Waals surface area contributed by atoms with Crippen molar-refractivity contribution in [2.75, 3.05) is 13.1 Å². The van der Waals surface area contributed by atoms with Crippen LogP contribution in [0.3, 0.4) is 0 Å². The lowest BCUT2D eigenvalue weighted by atomic mass is 10.00. The smallest absolute Gasteiger partial charge is 0.410 e. The molecule has 0 saturated heterocycles. The van der Waals surface area contributed by atoms with E-state index in [-0.39, 0.29) is 5.75 Å². The Morgan fingerprint density at radius 1 is 1.00 bits per heavy atom. The van der Waals surface area contributed by atoms with Crippen LogP contribution in [0.2, 0.25) is 5.02 Å². The van der Waals surface area contributed by atoms with E-state index in [0.717, 1.165) is 17.1 Å². The second kappa shape index (κ2) is 9.63. The molecule has 4 rings (SSSR count). The molecular weight excluding hydrogens is 446 g/mol. The number of nitrogens with zero attached hydrogens (tertiary/aromatic N) is 2. The van der Waals surface area contributed by atoms with Gasteiger partial charge in [-0.25, -0.2) is 13.6 Å². The topological polar surface area (TPSA) is 34.5 Å². The Hall–Kier alpha value is -3.38. The van der Waals surface area contributed by atoms with Crippen molar-refractivity contribution < 1.29 is 18.3 Å². The third-order valence-electron chi connectivity index (χ3n) is 5.53. The summed E-state index contributed by atoms with van der Waals surface area (Å²) in [6.07, 6.45) is 1.37. The number of benzene rings is 3. The molecule has 0 fully saturated rings. The number of hydrogen-bond acceptors (Lipinski definition) is 2. The molecule has 0 spiro atoms. The van der Waals surface area contributed by atoms with Gasteiger partial charge in [0.1, 0.15) is 17.4 Å². The van der Waals surface area contributed by atoms with E-state index < -0.39 is 17.7 Å². The fourth-order valence-electron chi connectivity index (χ4n) is 3.94. The zero-order valence-electron chi connectivity index (χ0n) is 18.3. The van der Waals surface area contributed by atoms with Gasteiger partial charge in [0.2, 0.25) is 0 Å². The number of fused-ring (bicyclic) bond motifs is 1. The average molecular weight is 469 g/mol. The molecule has 33 heavy (non-hydrogen) atoms. The van der Waals surface area contributed by atoms with Crippen molar-refractivity contribution in [2.45, 2.75) is 20.4 Å². The SMILES string of the molecule is CCN(CC)C(=O)Oc1ccc2c(ccn2Cc2cccc(Cl)c2)c1-c1cc(F)cc(F)c1. The van der Waals surface area contributed by atoms with E-state index in [0.29, 0.717) is 41.2 Å². The largest absolute Gasteiger partial charge is 0.415 e. The zero-order chi connectivity index (χ0) is 23.5. The van der Waals surface area contributed by atoms with Gasteiger partial charge in [0, 0.05) is 53.4 Å². The van der Waals surface area contributed by atoms with E-state index in [1.807, 2.05) is 61.0 Å². The molecule has 7 heteroatoms. The van der Waals surface area contributed by atoms with Crippen molar-refractivity contribution in [3.63, 3.8) is 0 Å². The quantitative estimate of drug-likeness (QED) is 0.301. The molecule has 0 aliphatic rings. The van der Waals surface area contributed by atoms with Crippen molar-refractivity contribution in [3.05, 3.63) is 89.1 Å². The Bertz CT molecular complexity index is 1290. The molecule has 0 N–H and O–H groups in total. The Morgan fingerprint density at radius 3 is 2.39 bits per heavy atom. The first kappa shape index (κ1) is 22.8. The van der Waals surface area contributed by atoms with Gasteiger partial charge >= 0.3 is 6.09 Å². The van der Waals surface area contributed by atoms with E-state index in [1.165, 1.54) is 17.0 Å². The highest BCUT2D eigenvalue weighted by Crippen LogP contribution is 2.39. The summed E-state index contributed by atoms with van der Waals surface area (Å²) < 4.78 is 35.9. The molecule has 0 aliphatic heterocycles. The fraction of sp³-hybridized carbons (Fsp3) is 0.192. The predicted octanol–water partition coefficient (Wildman–Crippen LogP) is 7.13. The standard InChI is InChI=1S/C26H23ClF2N2O2/c1-3-30(4-2)26(32)33-24-9-8-23-22(25(24)18-13-20(28)15-21(29)14-18)10-11-31(23)16-17-6-5-7-19(27)12-17/h5-15H,3-4,16H2,1-2H3. The van der Waals surface area contributed by atoms with Crippen LogP contribution in [0.5, 0.6) is 5.75 Å². The van der Waals surface area contributed by atoms with Gasteiger partial charge in [-0.2, -0.15) is 0 Å². The third-order valence-corrected chi connectivity index (χ3v) is 5.76. The molecular formula is C26H23ClF2N2O2. The molecule has 0 radical (unpaired) electrons. The first-order valence-electron chi connectivity index (χ1n) is 10.7. The molecule has 1 aromatic heterocycles. The van der Waals surface area contributed by atoms with Crippen molar-refractivity contribution in [1.82, 2.24) is 9.47 Å². The fourth-order valence-corrected chi connectivity index (χ4v) is 4.16. The van der Waals surface area contributed by atoms with E-state index in [1.54, 1.807) is 6.07 Å². The van der Waals surface area contributed by atoms with Gasteiger partial charge in [-0.05, 0) is 67.4 Å². The number of carbonyl (C=O) groups excluding carboxylic acids is 1. The van der Waals surface area contributed by atoms with Crippen LogP contribution in [0.4, 0.5) is 13.6 Å². The van der Waals surface area contributed by atoms with Crippen molar-refractivity contribution in [1.29, 1.82) is 0 Å². The monoisotopic (exact) mass is 468 g/mol. The van der Waals surface area contributed by atoms with Crippen LogP contribution in [0.1, 0.15) is 19.4 Å². The number of rotatable bonds is 6. The van der Waals surface area contributed by atoms with Gasteiger partial charge in [-0.3, -0.25) is 0 Å². The van der Waals surface area contributed by atoms with Crippen molar-refractivity contribution in [2.24, 2.45) is 0 Å². The molecule has 0 saturated carbocycles. The first-order chi connectivity index (χ1) is 15.9. The second-order valence-electron chi connectivity index (χ2n) is 7.64. The highest BCUT2D eigenvalue weighted by molar-refractivity contribution is 6.30. The average Bonchev–Trinajstić information content (AvgIpc) is 3.16. The predicted molar refractivity (Wildman–Crippen MR) is 127 cm³/mol. The van der Waals surface area contributed by atoms with Crippen LogP contribution < -0.4 is 4.74 Å². The summed E-state index contributed by atoms with van der Waals surface area (Å²) in [6.45, 7) is 5.23. The molecule has 4 nitrogen and oxygen atoms in total. The molecule has 1 heterocycles. The minimum absolute atomic E-state index is 0.241. The molecule has 4 aromatic rings. The van der Waals surface area contributed by atoms with Gasteiger partial charge < -0.3 is 14.2 Å². The van der Waals surface area contributed by atoms with Gasteiger partial charge in [-0.15, -0.1) is 0 Å². The van der Waals surface area contributed by atoms with Gasteiger partial charge in [0.25, 0.3) is 0 Å². The third kappa shape index (κ3) is 4.86. The highest BCUT2D eigenvalue weighted by Gasteiger charge is 2.20. The summed E-state index contributed by atoms with van der Waals surface area (Å²) in [4.78, 5) is 14.2. The summed E-state index contributed by atoms with van der Waals surface area (Å²) in [5, 5.41) is 1.36. The summed E-state index contributed by atoms with van der Waals surface area (Å²) in [5.74, 6) is -1.17. The van der Waals surface area contributed by atoms with Gasteiger partial charge in [-0.1, -0.05) is 23.7 Å². The Morgan fingerprint density at radius 2 is 1.73 bits per heavy atom.